The van der Waals surface area contributed by atoms with Crippen molar-refractivity contribution in [3.8, 4) is 5.75 Å². The van der Waals surface area contributed by atoms with Crippen LogP contribution in [0.4, 0.5) is 8.78 Å². The van der Waals surface area contributed by atoms with Gasteiger partial charge in [0.2, 0.25) is 0 Å². The average Bonchev–Trinajstić information content (AvgIpc) is 2.62. The number of fused-ring (bicyclic) bond motifs is 1. The zero-order valence-electron chi connectivity index (χ0n) is 16.8. The summed E-state index contributed by atoms with van der Waals surface area (Å²) in [5.74, 6) is -2.91. The van der Waals surface area contributed by atoms with Crippen LogP contribution in [0.2, 0.25) is 0 Å². The van der Waals surface area contributed by atoms with Gasteiger partial charge in [0.25, 0.3) is 5.91 Å². The zero-order valence-corrected chi connectivity index (χ0v) is 17.7. The lowest BCUT2D eigenvalue weighted by Gasteiger charge is -2.44. The van der Waals surface area contributed by atoms with Crippen LogP contribution in [0.3, 0.4) is 0 Å². The summed E-state index contributed by atoms with van der Waals surface area (Å²) < 4.78 is 49.5. The first-order valence-corrected chi connectivity index (χ1v) is 10.6. The number of carbonyl (C=O) groups excluding carboxylic acids is 2. The number of nitrogens with one attached hydrogen (secondary N) is 1. The predicted octanol–water partition coefficient (Wildman–Crippen LogP) is 3.29. The van der Waals surface area contributed by atoms with E-state index in [4.69, 9.17) is 9.26 Å². The Morgan fingerprint density at radius 2 is 1.71 bits per heavy atom. The summed E-state index contributed by atoms with van der Waals surface area (Å²) in [6.07, 6.45) is -1.41. The van der Waals surface area contributed by atoms with E-state index in [2.05, 4.69) is 5.32 Å². The molecule has 1 heterocycles. The molecule has 1 aliphatic rings. The van der Waals surface area contributed by atoms with Crippen LogP contribution >= 0.6 is 7.82 Å². The fraction of sp³-hybridized carbons (Fsp3) is 0.300. The van der Waals surface area contributed by atoms with Crippen LogP contribution in [0.15, 0.2) is 36.4 Å². The highest BCUT2D eigenvalue weighted by molar-refractivity contribution is 7.46. The Balaban J connectivity index is 2.10. The second kappa shape index (κ2) is 8.12. The van der Waals surface area contributed by atoms with Gasteiger partial charge in [0.05, 0.1) is 6.04 Å². The molecular weight excluding hydrogens is 435 g/mol. The first-order valence-electron chi connectivity index (χ1n) is 9.11. The van der Waals surface area contributed by atoms with E-state index in [9.17, 15) is 32.7 Å². The van der Waals surface area contributed by atoms with Crippen LogP contribution in [0.5, 0.6) is 5.75 Å². The monoisotopic (exact) mass is 455 g/mol. The second-order valence-electron chi connectivity index (χ2n) is 7.64. The molecule has 3 N–H and O–H groups in total. The maximum atomic E-state index is 13.6. The number of carbonyl (C=O) groups is 2. The summed E-state index contributed by atoms with van der Waals surface area (Å²) in [5, 5.41) is 2.51. The molecule has 0 saturated heterocycles. The van der Waals surface area contributed by atoms with Crippen molar-refractivity contribution in [1.82, 2.24) is 5.32 Å². The smallest absolute Gasteiger partial charge is 0.470 e. The number of hydrogen-bond acceptors (Lipinski definition) is 5. The third kappa shape index (κ3) is 5.16. The van der Waals surface area contributed by atoms with Gasteiger partial charge < -0.3 is 19.8 Å². The number of rotatable bonds is 5. The van der Waals surface area contributed by atoms with Crippen LogP contribution in [-0.4, -0.2) is 33.2 Å². The Labute approximate surface area is 176 Å². The molecule has 11 heteroatoms. The molecule has 0 saturated carbocycles. The van der Waals surface area contributed by atoms with Crippen molar-refractivity contribution in [2.24, 2.45) is 0 Å². The van der Waals surface area contributed by atoms with E-state index in [0.717, 1.165) is 12.1 Å². The minimum atomic E-state index is -5.04. The van der Waals surface area contributed by atoms with Crippen LogP contribution < -0.4 is 10.1 Å². The molecule has 1 aliphatic heterocycles. The normalized spacial score (nSPS) is 19.8. The molecule has 31 heavy (non-hydrogen) atoms. The summed E-state index contributed by atoms with van der Waals surface area (Å²) >= 11 is 0. The first-order chi connectivity index (χ1) is 14.3. The molecule has 2 aromatic carbocycles. The zero-order chi connectivity index (χ0) is 23.1. The standard InChI is InChI=1S/C20H20F2NO7P/c1-10(24)11-4-5-16-15(8-11)17(18(20(2,3)29-16)30-31(26,27)28)23-19(25)12-6-13(21)9-14(22)7-12/h4-9,17-18H,1-3H3,(H,23,25)(H2,26,27,28)/t17-,18+/m0/s1. The lowest BCUT2D eigenvalue weighted by Crippen LogP contribution is -2.54. The molecule has 166 valence electrons. The van der Waals surface area contributed by atoms with Crippen LogP contribution in [-0.2, 0) is 9.09 Å². The molecule has 0 fully saturated rings. The van der Waals surface area contributed by atoms with E-state index in [1.807, 2.05) is 0 Å². The fourth-order valence-corrected chi connectivity index (χ4v) is 4.08. The van der Waals surface area contributed by atoms with Gasteiger partial charge in [-0.25, -0.2) is 13.3 Å². The van der Waals surface area contributed by atoms with Crippen molar-refractivity contribution in [2.75, 3.05) is 0 Å². The summed E-state index contributed by atoms with van der Waals surface area (Å²) in [4.78, 5) is 43.4. The molecule has 8 nitrogen and oxygen atoms in total. The lowest BCUT2D eigenvalue weighted by molar-refractivity contribution is -0.0597. The van der Waals surface area contributed by atoms with Gasteiger partial charge in [-0.1, -0.05) is 0 Å². The van der Waals surface area contributed by atoms with E-state index in [1.165, 1.54) is 39.0 Å². The molecule has 2 atom stereocenters. The quantitative estimate of drug-likeness (QED) is 0.467. The predicted molar refractivity (Wildman–Crippen MR) is 105 cm³/mol. The van der Waals surface area contributed by atoms with Crippen molar-refractivity contribution < 1.29 is 42.0 Å². The summed E-state index contributed by atoms with van der Waals surface area (Å²) in [6, 6.07) is 5.40. The Kier molecular flexibility index (Phi) is 6.03. The number of Topliss-reactive ketones (excluding diaryl/α,β-unsaturated/α-hetero) is 1. The maximum Gasteiger partial charge on any atom is 0.470 e. The van der Waals surface area contributed by atoms with E-state index in [0.29, 0.717) is 6.07 Å². The Morgan fingerprint density at radius 1 is 1.10 bits per heavy atom. The largest absolute Gasteiger partial charge is 0.485 e. The van der Waals surface area contributed by atoms with Crippen LogP contribution in [0.1, 0.15) is 53.1 Å². The van der Waals surface area contributed by atoms with E-state index < -0.39 is 43.1 Å². The molecule has 0 bridgehead atoms. The van der Waals surface area contributed by atoms with E-state index in [1.54, 1.807) is 0 Å². The molecule has 0 radical (unpaired) electrons. The average molecular weight is 455 g/mol. The van der Waals surface area contributed by atoms with Crippen molar-refractivity contribution >= 4 is 19.5 Å². The van der Waals surface area contributed by atoms with Crippen LogP contribution in [0.25, 0.3) is 0 Å². The summed E-state index contributed by atoms with van der Waals surface area (Å²) in [5.41, 5.74) is -1.21. The maximum absolute atomic E-state index is 13.6. The van der Waals surface area contributed by atoms with Gasteiger partial charge in [-0.3, -0.25) is 14.1 Å². The molecule has 1 amide bonds. The number of ether oxygens (including phenoxy) is 1. The Bertz CT molecular complexity index is 1080. The van der Waals surface area contributed by atoms with Crippen molar-refractivity contribution in [2.45, 2.75) is 38.5 Å². The van der Waals surface area contributed by atoms with Gasteiger partial charge >= 0.3 is 7.82 Å². The SMILES string of the molecule is CC(=O)c1ccc2c(c1)[C@H](NC(=O)c1cc(F)cc(F)c1)[C@@H](OP(=O)(O)O)C(C)(C)O2. The van der Waals surface area contributed by atoms with E-state index >= 15 is 0 Å². The molecule has 0 aliphatic carbocycles. The number of phosphoric ester groups is 1. The van der Waals surface area contributed by atoms with Gasteiger partial charge in [-0.2, -0.15) is 0 Å². The van der Waals surface area contributed by atoms with Gasteiger partial charge in [-0.15, -0.1) is 0 Å². The van der Waals surface area contributed by atoms with Gasteiger partial charge in [0, 0.05) is 22.8 Å². The minimum Gasteiger partial charge on any atom is -0.485 e. The van der Waals surface area contributed by atoms with Crippen molar-refractivity contribution in [3.63, 3.8) is 0 Å². The lowest BCUT2D eigenvalue weighted by atomic mass is 9.85. The Morgan fingerprint density at radius 3 is 2.26 bits per heavy atom. The summed E-state index contributed by atoms with van der Waals surface area (Å²) in [7, 11) is -5.04. The number of benzene rings is 2. The molecule has 0 aromatic heterocycles. The van der Waals surface area contributed by atoms with Crippen molar-refractivity contribution in [3.05, 3.63) is 64.7 Å². The first kappa shape index (κ1) is 23.0. The third-order valence-corrected chi connectivity index (χ3v) is 5.28. The fourth-order valence-electron chi connectivity index (χ4n) is 3.41. The molecule has 0 spiro atoms. The number of halogens is 2. The molecule has 2 aromatic rings. The topological polar surface area (TPSA) is 122 Å². The molecule has 0 unspecified atom stereocenters. The van der Waals surface area contributed by atoms with E-state index in [-0.39, 0.29) is 28.2 Å². The van der Waals surface area contributed by atoms with Gasteiger partial charge in [0.1, 0.15) is 29.1 Å². The van der Waals surface area contributed by atoms with Crippen LogP contribution in [0, 0.1) is 11.6 Å². The van der Waals surface area contributed by atoms with Gasteiger partial charge in [-0.05, 0) is 51.1 Å². The second-order valence-corrected chi connectivity index (χ2v) is 8.83. The number of hydrogen-bond donors (Lipinski definition) is 3. The highest BCUT2D eigenvalue weighted by Crippen LogP contribution is 2.48. The number of phosphoric acid groups is 1. The third-order valence-electron chi connectivity index (χ3n) is 4.77. The van der Waals surface area contributed by atoms with Crippen molar-refractivity contribution in [1.29, 1.82) is 0 Å². The molecule has 3 rings (SSSR count). The highest BCUT2D eigenvalue weighted by atomic mass is 31.2. The Hall–Kier alpha value is -2.65. The molecular formula is C20H20F2NO7P. The number of ketones is 1. The summed E-state index contributed by atoms with van der Waals surface area (Å²) in [6.45, 7) is 4.31. The highest BCUT2D eigenvalue weighted by Gasteiger charge is 2.48. The van der Waals surface area contributed by atoms with Gasteiger partial charge in [0.15, 0.2) is 5.78 Å². The number of amides is 1. The minimum absolute atomic E-state index is 0.218.